The van der Waals surface area contributed by atoms with Gasteiger partial charge in [0.05, 0.1) is 4.88 Å². The molecular formula is C23H25N2O2S+. The molecule has 0 radical (unpaired) electrons. The number of hydrogen-bond acceptors (Lipinski definition) is 3. The minimum Gasteiger partial charge on any atom is -0.326 e. The molecule has 0 saturated carbocycles. The van der Waals surface area contributed by atoms with Gasteiger partial charge in [-0.1, -0.05) is 35.9 Å². The van der Waals surface area contributed by atoms with Crippen molar-refractivity contribution in [1.82, 2.24) is 0 Å². The molecule has 3 aromatic rings. The highest BCUT2D eigenvalue weighted by molar-refractivity contribution is 7.10. The molecule has 0 aliphatic rings. The Hall–Kier alpha value is -2.76. The molecule has 1 amide bonds. The number of Topliss-reactive ketones (excluding diaryl/α,β-unsaturated/α-hetero) is 1. The fourth-order valence-electron chi connectivity index (χ4n) is 3.03. The maximum Gasteiger partial charge on any atom is 0.282 e. The maximum absolute atomic E-state index is 12.7. The monoisotopic (exact) mass is 393 g/mol. The van der Waals surface area contributed by atoms with E-state index in [9.17, 15) is 9.59 Å². The lowest BCUT2D eigenvalue weighted by Gasteiger charge is -2.19. The van der Waals surface area contributed by atoms with Crippen LogP contribution in [-0.2, 0) is 4.79 Å². The van der Waals surface area contributed by atoms with Crippen molar-refractivity contribution in [1.29, 1.82) is 0 Å². The number of quaternary nitrogens is 1. The fraction of sp³-hybridized carbons (Fsp3) is 0.217. The molecule has 4 nitrogen and oxygen atoms in total. The third-order valence-corrected chi connectivity index (χ3v) is 5.70. The van der Waals surface area contributed by atoms with E-state index >= 15 is 0 Å². The Balaban J connectivity index is 1.72. The first kappa shape index (κ1) is 20.0. The number of benzene rings is 2. The number of rotatable bonds is 7. The molecular weight excluding hydrogens is 368 g/mol. The predicted molar refractivity (Wildman–Crippen MR) is 114 cm³/mol. The molecule has 2 aromatic carbocycles. The number of anilines is 1. The van der Waals surface area contributed by atoms with E-state index in [1.165, 1.54) is 22.9 Å². The Morgan fingerprint density at radius 1 is 1.00 bits per heavy atom. The molecule has 0 unspecified atom stereocenters. The Labute approximate surface area is 169 Å². The van der Waals surface area contributed by atoms with Crippen LogP contribution in [-0.4, -0.2) is 17.7 Å². The van der Waals surface area contributed by atoms with Crippen molar-refractivity contribution in [2.75, 3.05) is 5.32 Å². The highest BCUT2D eigenvalue weighted by atomic mass is 32.1. The van der Waals surface area contributed by atoms with Crippen LogP contribution in [0.5, 0.6) is 0 Å². The largest absolute Gasteiger partial charge is 0.326 e. The number of nitrogens with one attached hydrogen (secondary N) is 1. The van der Waals surface area contributed by atoms with Crippen LogP contribution < -0.4 is 10.6 Å². The summed E-state index contributed by atoms with van der Waals surface area (Å²) in [5.41, 5.74) is 3.72. The summed E-state index contributed by atoms with van der Waals surface area (Å²) in [6, 6.07) is 19.4. The summed E-state index contributed by atoms with van der Waals surface area (Å²) in [5, 5.41) is 7.10. The zero-order valence-corrected chi connectivity index (χ0v) is 17.1. The molecule has 0 aliphatic heterocycles. The standard InChI is InChI=1S/C23H24N2O2S/c1-15-6-8-19(9-7-15)22(21-5-4-14-28-21)24-16(2)23(27)25-20-12-10-18(11-13-20)17(3)26/h4-14,16,22,24H,1-3H3,(H,25,27)/p+1/t16-,22-/m1/s1. The maximum atomic E-state index is 12.7. The summed E-state index contributed by atoms with van der Waals surface area (Å²) in [6.07, 6.45) is 0. The second-order valence-electron chi connectivity index (χ2n) is 7.01. The molecule has 3 rings (SSSR count). The first-order valence-corrected chi connectivity index (χ1v) is 10.2. The Kier molecular flexibility index (Phi) is 6.39. The summed E-state index contributed by atoms with van der Waals surface area (Å²) >= 11 is 1.70. The van der Waals surface area contributed by atoms with Crippen LogP contribution in [0.3, 0.4) is 0 Å². The van der Waals surface area contributed by atoms with E-state index in [1.54, 1.807) is 35.6 Å². The molecule has 1 heterocycles. The van der Waals surface area contributed by atoms with Crippen LogP contribution in [0.25, 0.3) is 0 Å². The average Bonchev–Trinajstić information content (AvgIpc) is 3.21. The summed E-state index contributed by atoms with van der Waals surface area (Å²) in [6.45, 7) is 5.51. The third-order valence-electron chi connectivity index (χ3n) is 4.74. The van der Waals surface area contributed by atoms with Crippen molar-refractivity contribution in [2.45, 2.75) is 32.9 Å². The van der Waals surface area contributed by atoms with Gasteiger partial charge in [-0.2, -0.15) is 0 Å². The molecule has 0 spiro atoms. The lowest BCUT2D eigenvalue weighted by molar-refractivity contribution is -0.703. The second-order valence-corrected chi connectivity index (χ2v) is 7.99. The SMILES string of the molecule is CC(=O)c1ccc(NC(=O)[C@@H](C)[NH2+][C@H](c2ccc(C)cc2)c2cccs2)cc1. The molecule has 28 heavy (non-hydrogen) atoms. The van der Waals surface area contributed by atoms with Crippen LogP contribution in [0.1, 0.15) is 46.3 Å². The smallest absolute Gasteiger partial charge is 0.282 e. The number of carbonyl (C=O) groups is 2. The Bertz CT molecular complexity index is 932. The van der Waals surface area contributed by atoms with Crippen LogP contribution >= 0.6 is 11.3 Å². The number of ketones is 1. The molecule has 0 aliphatic carbocycles. The van der Waals surface area contributed by atoms with Gasteiger partial charge in [0.1, 0.15) is 6.04 Å². The van der Waals surface area contributed by atoms with Crippen molar-refractivity contribution in [3.8, 4) is 0 Å². The van der Waals surface area contributed by atoms with Crippen molar-refractivity contribution in [3.05, 3.63) is 87.6 Å². The lowest BCUT2D eigenvalue weighted by atomic mass is 10.0. The van der Waals surface area contributed by atoms with E-state index in [2.05, 4.69) is 53.3 Å². The van der Waals surface area contributed by atoms with Gasteiger partial charge in [0.2, 0.25) is 0 Å². The first-order valence-electron chi connectivity index (χ1n) is 9.31. The summed E-state index contributed by atoms with van der Waals surface area (Å²) in [4.78, 5) is 25.3. The van der Waals surface area contributed by atoms with Crippen LogP contribution in [0.4, 0.5) is 5.69 Å². The van der Waals surface area contributed by atoms with Crippen LogP contribution in [0, 0.1) is 6.92 Å². The van der Waals surface area contributed by atoms with Crippen LogP contribution in [0.2, 0.25) is 0 Å². The van der Waals surface area contributed by atoms with Crippen LogP contribution in [0.15, 0.2) is 66.0 Å². The third kappa shape index (κ3) is 4.94. The van der Waals surface area contributed by atoms with Crippen molar-refractivity contribution < 1.29 is 14.9 Å². The van der Waals surface area contributed by atoms with Gasteiger partial charge < -0.3 is 10.6 Å². The van der Waals surface area contributed by atoms with E-state index in [4.69, 9.17) is 0 Å². The van der Waals surface area contributed by atoms with Gasteiger partial charge in [0.25, 0.3) is 5.91 Å². The normalized spacial score (nSPS) is 13.0. The highest BCUT2D eigenvalue weighted by Crippen LogP contribution is 2.23. The van der Waals surface area contributed by atoms with E-state index in [1.807, 2.05) is 13.0 Å². The van der Waals surface area contributed by atoms with E-state index in [-0.39, 0.29) is 23.8 Å². The molecule has 0 fully saturated rings. The molecule has 0 saturated heterocycles. The Morgan fingerprint density at radius 3 is 2.25 bits per heavy atom. The van der Waals surface area contributed by atoms with Gasteiger partial charge in [0.15, 0.2) is 11.8 Å². The summed E-state index contributed by atoms with van der Waals surface area (Å²) in [7, 11) is 0. The van der Waals surface area contributed by atoms with Gasteiger partial charge in [-0.05, 0) is 56.5 Å². The first-order chi connectivity index (χ1) is 13.4. The predicted octanol–water partition coefficient (Wildman–Crippen LogP) is 3.94. The van der Waals surface area contributed by atoms with E-state index < -0.39 is 0 Å². The van der Waals surface area contributed by atoms with Crippen molar-refractivity contribution in [2.24, 2.45) is 0 Å². The molecule has 144 valence electrons. The van der Waals surface area contributed by atoms with Gasteiger partial charge in [0, 0.05) is 16.8 Å². The number of aryl methyl sites for hydroxylation is 1. The molecule has 1 aromatic heterocycles. The van der Waals surface area contributed by atoms with Gasteiger partial charge >= 0.3 is 0 Å². The molecule has 2 atom stereocenters. The number of thiophene rings is 1. The highest BCUT2D eigenvalue weighted by Gasteiger charge is 2.25. The quantitative estimate of drug-likeness (QED) is 0.597. The van der Waals surface area contributed by atoms with Gasteiger partial charge in [-0.3, -0.25) is 9.59 Å². The van der Waals surface area contributed by atoms with Crippen molar-refractivity contribution in [3.63, 3.8) is 0 Å². The minimum atomic E-state index is -0.277. The minimum absolute atomic E-state index is 0.0106. The summed E-state index contributed by atoms with van der Waals surface area (Å²) < 4.78 is 0. The zero-order chi connectivity index (χ0) is 20.1. The zero-order valence-electron chi connectivity index (χ0n) is 16.3. The second kappa shape index (κ2) is 8.95. The molecule has 3 N–H and O–H groups in total. The molecule has 5 heteroatoms. The van der Waals surface area contributed by atoms with E-state index in [0.717, 1.165) is 0 Å². The number of carbonyl (C=O) groups excluding carboxylic acids is 2. The number of amides is 1. The number of nitrogens with two attached hydrogens (primary N) is 1. The topological polar surface area (TPSA) is 62.8 Å². The van der Waals surface area contributed by atoms with E-state index in [0.29, 0.717) is 11.3 Å². The van der Waals surface area contributed by atoms with Gasteiger partial charge in [-0.25, -0.2) is 0 Å². The number of hydrogen-bond donors (Lipinski definition) is 2. The summed E-state index contributed by atoms with van der Waals surface area (Å²) in [5.74, 6) is -0.0549. The fourth-order valence-corrected chi connectivity index (χ4v) is 3.87. The van der Waals surface area contributed by atoms with Crippen molar-refractivity contribution >= 4 is 28.7 Å². The Morgan fingerprint density at radius 2 is 1.68 bits per heavy atom. The molecule has 0 bridgehead atoms. The lowest BCUT2D eigenvalue weighted by Crippen LogP contribution is -2.92. The average molecular weight is 394 g/mol. The van der Waals surface area contributed by atoms with Gasteiger partial charge in [-0.15, -0.1) is 11.3 Å².